The largest absolute Gasteiger partial charge is 0.364 e. The molecule has 2 aliphatic rings. The first-order chi connectivity index (χ1) is 20.7. The van der Waals surface area contributed by atoms with Crippen LogP contribution in [0.4, 0.5) is 0 Å². The summed E-state index contributed by atoms with van der Waals surface area (Å²) in [4.78, 5) is 26.3. The van der Waals surface area contributed by atoms with Crippen molar-refractivity contribution in [1.82, 2.24) is 19.6 Å². The first-order valence-corrected chi connectivity index (χ1v) is 18.3. The normalized spacial score (nSPS) is 15.7. The fourth-order valence-electron chi connectivity index (χ4n) is 5.35. The van der Waals surface area contributed by atoms with Gasteiger partial charge in [-0.15, -0.1) is 45.3 Å². The zero-order chi connectivity index (χ0) is 29.0. The molecule has 0 spiro atoms. The third kappa shape index (κ3) is 9.71. The monoisotopic (exact) mass is 638 g/mol. The van der Waals surface area contributed by atoms with Crippen LogP contribution in [0.25, 0.3) is 0 Å². The lowest BCUT2D eigenvalue weighted by Gasteiger charge is -2.39. The summed E-state index contributed by atoms with van der Waals surface area (Å²) in [6.45, 7) is 9.82. The molecule has 4 aromatic heterocycles. The van der Waals surface area contributed by atoms with Crippen LogP contribution in [0, 0.1) is 0 Å². The van der Waals surface area contributed by atoms with E-state index >= 15 is 0 Å². The summed E-state index contributed by atoms with van der Waals surface area (Å²) >= 11 is 7.36. The molecule has 0 unspecified atom stereocenters. The number of piperazine rings is 1. The van der Waals surface area contributed by atoms with Gasteiger partial charge >= 0.3 is 0 Å². The number of thiophene rings is 4. The van der Waals surface area contributed by atoms with Gasteiger partial charge in [-0.2, -0.15) is 0 Å². The molecule has 1 aliphatic carbocycles. The number of rotatable bonds is 13. The predicted molar refractivity (Wildman–Crippen MR) is 182 cm³/mol. The van der Waals surface area contributed by atoms with Gasteiger partial charge in [0.1, 0.15) is 6.29 Å². The van der Waals surface area contributed by atoms with Gasteiger partial charge in [-0.25, -0.2) is 0 Å². The molecular formula is C33H42N4OS4. The second-order valence-corrected chi connectivity index (χ2v) is 15.1. The lowest BCUT2D eigenvalue weighted by molar-refractivity contribution is -0.109. The average molecular weight is 639 g/mol. The Morgan fingerprint density at radius 1 is 0.714 bits per heavy atom. The number of carbonyl (C=O) groups excluding carboxylic acids is 1. The Hall–Kier alpha value is -2.11. The molecule has 1 saturated carbocycles. The molecule has 1 aliphatic heterocycles. The zero-order valence-electron chi connectivity index (χ0n) is 24.5. The maximum Gasteiger partial charge on any atom is 0.133 e. The van der Waals surface area contributed by atoms with E-state index in [1.165, 1.54) is 38.8 Å². The van der Waals surface area contributed by atoms with E-state index in [-0.39, 0.29) is 0 Å². The molecule has 4 aromatic rings. The molecule has 6 rings (SSSR count). The molecule has 2 fully saturated rings. The standard InChI is InChI=1S/C22H29N3OS2.C11H13NS2/c26-13-12-23-8-10-24(11-9-23)18-22(19-4-1-5-19)25(16-20-6-2-14-27-20)17-21-7-3-15-28-21;1-12(8-10-4-2-6-13-10)9-11-5-3-7-14-11/h2-3,6-7,13-15H,1,4-5,8-12,16-18H2;2-7H,8-9H2,1H3. The Balaban J connectivity index is 0.000000211. The highest BCUT2D eigenvalue weighted by Gasteiger charge is 2.25. The summed E-state index contributed by atoms with van der Waals surface area (Å²) in [6.07, 6.45) is 4.87. The molecule has 0 amide bonds. The lowest BCUT2D eigenvalue weighted by atomic mass is 9.89. The van der Waals surface area contributed by atoms with Gasteiger partial charge in [0.05, 0.1) is 19.6 Å². The maximum atomic E-state index is 10.8. The Morgan fingerprint density at radius 3 is 1.55 bits per heavy atom. The van der Waals surface area contributed by atoms with Crippen molar-refractivity contribution in [2.45, 2.75) is 45.4 Å². The summed E-state index contributed by atoms with van der Waals surface area (Å²) < 4.78 is 0. The van der Waals surface area contributed by atoms with Crippen LogP contribution >= 0.6 is 45.3 Å². The van der Waals surface area contributed by atoms with Crippen LogP contribution < -0.4 is 0 Å². The van der Waals surface area contributed by atoms with Crippen molar-refractivity contribution in [1.29, 1.82) is 0 Å². The topological polar surface area (TPSA) is 30.0 Å². The van der Waals surface area contributed by atoms with Crippen LogP contribution in [0.5, 0.6) is 0 Å². The van der Waals surface area contributed by atoms with Gasteiger partial charge in [0.25, 0.3) is 0 Å². The summed E-state index contributed by atoms with van der Waals surface area (Å²) in [7, 11) is 2.17. The molecule has 0 N–H and O–H groups in total. The minimum absolute atomic E-state index is 0.574. The second kappa shape index (κ2) is 16.7. The van der Waals surface area contributed by atoms with Crippen molar-refractivity contribution in [3.63, 3.8) is 0 Å². The van der Waals surface area contributed by atoms with E-state index < -0.39 is 0 Å². The Morgan fingerprint density at radius 2 is 1.17 bits per heavy atom. The van der Waals surface area contributed by atoms with E-state index in [9.17, 15) is 4.79 Å². The van der Waals surface area contributed by atoms with E-state index in [4.69, 9.17) is 0 Å². The van der Waals surface area contributed by atoms with Crippen molar-refractivity contribution in [2.75, 3.05) is 46.3 Å². The van der Waals surface area contributed by atoms with Gasteiger partial charge in [0, 0.05) is 71.0 Å². The smallest absolute Gasteiger partial charge is 0.133 e. The Kier molecular flexibility index (Phi) is 12.4. The number of carbonyl (C=O) groups is 1. The van der Waals surface area contributed by atoms with Gasteiger partial charge in [0.15, 0.2) is 0 Å². The molecule has 0 radical (unpaired) electrons. The summed E-state index contributed by atoms with van der Waals surface area (Å²) in [5.74, 6) is 0. The number of aldehydes is 1. The van der Waals surface area contributed by atoms with Crippen molar-refractivity contribution >= 4 is 51.6 Å². The quantitative estimate of drug-likeness (QED) is 0.142. The third-order valence-electron chi connectivity index (χ3n) is 7.78. The molecule has 224 valence electrons. The fraction of sp³-hybridized carbons (Fsp3) is 0.424. The molecule has 5 nitrogen and oxygen atoms in total. The average Bonchev–Trinajstić information content (AvgIpc) is 3.78. The van der Waals surface area contributed by atoms with Crippen molar-refractivity contribution in [3.8, 4) is 0 Å². The number of nitrogens with zero attached hydrogens (tertiary/aromatic N) is 4. The van der Waals surface area contributed by atoms with Crippen molar-refractivity contribution < 1.29 is 4.79 Å². The lowest BCUT2D eigenvalue weighted by Crippen LogP contribution is -2.48. The molecule has 1 saturated heterocycles. The number of hydrogen-bond acceptors (Lipinski definition) is 9. The molecular weight excluding hydrogens is 597 g/mol. The van der Waals surface area contributed by atoms with Crippen LogP contribution in [-0.4, -0.2) is 72.2 Å². The molecule has 9 heteroatoms. The van der Waals surface area contributed by atoms with Gasteiger partial charge in [0.2, 0.25) is 0 Å². The van der Waals surface area contributed by atoms with Crippen molar-refractivity contribution in [3.05, 3.63) is 101 Å². The SMILES string of the molecule is CN(Cc1cccs1)Cc1cccs1.O=CCN1CCN(CC(=C2CCC2)N(Cc2cccs2)Cc2cccs2)CC1. The number of hydrogen-bond donors (Lipinski definition) is 0. The van der Waals surface area contributed by atoms with E-state index in [2.05, 4.69) is 96.7 Å². The fourth-order valence-corrected chi connectivity index (χ4v) is 8.35. The van der Waals surface area contributed by atoms with E-state index in [1.807, 2.05) is 45.3 Å². The molecule has 5 heterocycles. The summed E-state index contributed by atoms with van der Waals surface area (Å²) in [5.41, 5.74) is 3.21. The van der Waals surface area contributed by atoms with Crippen LogP contribution in [0.2, 0.25) is 0 Å². The van der Waals surface area contributed by atoms with E-state index in [0.29, 0.717) is 6.54 Å². The third-order valence-corrected chi connectivity index (χ3v) is 11.2. The summed E-state index contributed by atoms with van der Waals surface area (Å²) in [5, 5.41) is 8.63. The highest BCUT2D eigenvalue weighted by molar-refractivity contribution is 7.10. The maximum absolute atomic E-state index is 10.8. The zero-order valence-corrected chi connectivity index (χ0v) is 27.8. The Bertz CT molecular complexity index is 1230. The van der Waals surface area contributed by atoms with Crippen molar-refractivity contribution in [2.24, 2.45) is 0 Å². The minimum Gasteiger partial charge on any atom is -0.364 e. The molecule has 42 heavy (non-hydrogen) atoms. The number of allylic oxidation sites excluding steroid dienone is 1. The van der Waals surface area contributed by atoms with Crippen LogP contribution in [0.1, 0.15) is 38.8 Å². The van der Waals surface area contributed by atoms with Gasteiger partial charge in [-0.05, 0) is 77.7 Å². The van der Waals surface area contributed by atoms with E-state index in [1.54, 1.807) is 11.3 Å². The van der Waals surface area contributed by atoms with Crippen LogP contribution in [-0.2, 0) is 31.0 Å². The first-order valence-electron chi connectivity index (χ1n) is 14.8. The second-order valence-electron chi connectivity index (χ2n) is 11.0. The van der Waals surface area contributed by atoms with Gasteiger partial charge < -0.3 is 9.69 Å². The van der Waals surface area contributed by atoms with Crippen LogP contribution in [0.15, 0.2) is 81.3 Å². The Labute approximate surface area is 267 Å². The first kappa shape index (κ1) is 31.3. The molecule has 0 bridgehead atoms. The molecule has 0 atom stereocenters. The summed E-state index contributed by atoms with van der Waals surface area (Å²) in [6, 6.07) is 17.4. The minimum atomic E-state index is 0.574. The van der Waals surface area contributed by atoms with Gasteiger partial charge in [-0.3, -0.25) is 14.7 Å². The predicted octanol–water partition coefficient (Wildman–Crippen LogP) is 7.51. The van der Waals surface area contributed by atoms with Gasteiger partial charge in [-0.1, -0.05) is 24.3 Å². The highest BCUT2D eigenvalue weighted by atomic mass is 32.1. The molecule has 0 aromatic carbocycles. The van der Waals surface area contributed by atoms with E-state index in [0.717, 1.165) is 65.2 Å². The highest BCUT2D eigenvalue weighted by Crippen LogP contribution is 2.33. The van der Waals surface area contributed by atoms with Crippen LogP contribution in [0.3, 0.4) is 0 Å².